The van der Waals surface area contributed by atoms with Gasteiger partial charge in [0.2, 0.25) is 5.91 Å². The highest BCUT2D eigenvalue weighted by Crippen LogP contribution is 2.28. The van der Waals surface area contributed by atoms with Crippen LogP contribution in [-0.2, 0) is 4.79 Å². The van der Waals surface area contributed by atoms with Crippen LogP contribution in [0.1, 0.15) is 52.5 Å². The monoisotopic (exact) mass is 393 g/mol. The van der Waals surface area contributed by atoms with Crippen LogP contribution < -0.4 is 10.1 Å². The quantitative estimate of drug-likeness (QED) is 0.706. The lowest BCUT2D eigenvalue weighted by Crippen LogP contribution is -2.33. The highest BCUT2D eigenvalue weighted by molar-refractivity contribution is 6.30. The number of likely N-dealkylation sites (tertiary alicyclic amines) is 1. The second kappa shape index (κ2) is 9.56. The number of nitrogens with zero attached hydrogens (tertiary/aromatic N) is 2. The number of hydrogen-bond acceptors (Lipinski definition) is 4. The van der Waals surface area contributed by atoms with Crippen molar-refractivity contribution < 1.29 is 9.53 Å². The first-order chi connectivity index (χ1) is 12.7. The molecule has 1 saturated heterocycles. The Morgan fingerprint density at radius 2 is 2.26 bits per heavy atom. The Morgan fingerprint density at radius 1 is 1.52 bits per heavy atom. The van der Waals surface area contributed by atoms with Crippen molar-refractivity contribution in [3.63, 3.8) is 0 Å². The van der Waals surface area contributed by atoms with Crippen LogP contribution in [0.4, 0.5) is 0 Å². The Kier molecular flexibility index (Phi) is 7.68. The highest BCUT2D eigenvalue weighted by atomic mass is 35.5. The molecular formula is C21H32ClN3O2. The smallest absolute Gasteiger partial charge is 0.223 e. The molecule has 1 aromatic heterocycles. The minimum Gasteiger partial charge on any atom is -0.485 e. The van der Waals surface area contributed by atoms with Gasteiger partial charge in [-0.1, -0.05) is 44.5 Å². The van der Waals surface area contributed by atoms with E-state index in [9.17, 15) is 4.79 Å². The number of carbonyl (C=O) groups is 1. The Balaban J connectivity index is 1.95. The summed E-state index contributed by atoms with van der Waals surface area (Å²) in [6.45, 7) is 9.70. The molecule has 150 valence electrons. The summed E-state index contributed by atoms with van der Waals surface area (Å²) in [5.74, 6) is 0.767. The number of carbonyl (C=O) groups excluding carboxylic acids is 1. The van der Waals surface area contributed by atoms with E-state index in [1.165, 1.54) is 0 Å². The largest absolute Gasteiger partial charge is 0.485 e. The average Bonchev–Trinajstić information content (AvgIpc) is 3.05. The number of amides is 1. The molecule has 1 amide bonds. The second-order valence-corrected chi connectivity index (χ2v) is 8.85. The minimum absolute atomic E-state index is 0.00524. The van der Waals surface area contributed by atoms with E-state index in [4.69, 9.17) is 16.3 Å². The van der Waals surface area contributed by atoms with Crippen LogP contribution >= 0.6 is 11.6 Å². The van der Waals surface area contributed by atoms with Gasteiger partial charge in [0.1, 0.15) is 6.10 Å². The molecule has 2 atom stereocenters. The number of halogens is 1. The molecule has 0 bridgehead atoms. The molecule has 0 aliphatic carbocycles. The van der Waals surface area contributed by atoms with Crippen LogP contribution in [0.25, 0.3) is 6.08 Å². The highest BCUT2D eigenvalue weighted by Gasteiger charge is 2.30. The van der Waals surface area contributed by atoms with Crippen molar-refractivity contribution in [3.05, 3.63) is 29.1 Å². The summed E-state index contributed by atoms with van der Waals surface area (Å²) in [6.07, 6.45) is 8.12. The summed E-state index contributed by atoms with van der Waals surface area (Å²) in [7, 11) is 1.95. The van der Waals surface area contributed by atoms with Crippen LogP contribution in [0.3, 0.4) is 0 Å². The van der Waals surface area contributed by atoms with Crippen LogP contribution in [-0.4, -0.2) is 48.1 Å². The summed E-state index contributed by atoms with van der Waals surface area (Å²) >= 11 is 6.22. The predicted octanol–water partition coefficient (Wildman–Crippen LogP) is 4.16. The molecule has 1 fully saturated rings. The molecule has 1 N–H and O–H groups in total. The lowest BCUT2D eigenvalue weighted by molar-refractivity contribution is -0.132. The van der Waals surface area contributed by atoms with Crippen molar-refractivity contribution in [1.82, 2.24) is 15.2 Å². The molecule has 2 rings (SSSR count). The number of aromatic nitrogens is 1. The van der Waals surface area contributed by atoms with E-state index in [0.29, 0.717) is 29.9 Å². The third-order valence-corrected chi connectivity index (χ3v) is 4.88. The maximum Gasteiger partial charge on any atom is 0.223 e. The van der Waals surface area contributed by atoms with Gasteiger partial charge in [-0.2, -0.15) is 0 Å². The maximum atomic E-state index is 12.4. The van der Waals surface area contributed by atoms with Gasteiger partial charge in [-0.25, -0.2) is 4.98 Å². The van der Waals surface area contributed by atoms with Gasteiger partial charge in [-0.15, -0.1) is 0 Å². The first kappa shape index (κ1) is 21.7. The van der Waals surface area contributed by atoms with Gasteiger partial charge >= 0.3 is 0 Å². The van der Waals surface area contributed by atoms with Crippen LogP contribution in [0.5, 0.6) is 5.75 Å². The molecule has 1 aliphatic rings. The lowest BCUT2D eigenvalue weighted by Gasteiger charge is -2.23. The van der Waals surface area contributed by atoms with Crippen molar-refractivity contribution in [1.29, 1.82) is 0 Å². The first-order valence-corrected chi connectivity index (χ1v) is 9.99. The molecule has 27 heavy (non-hydrogen) atoms. The standard InChI is InChI=1S/C21H32ClN3O2/c1-15(23-5)7-6-8-16-11-18(20(22)24-13-16)27-17-9-10-25(14-17)19(26)12-21(2,3)4/h6,8,11,13,15,17,23H,7,9-10,12,14H2,1-5H3/b8-6+/t15-,17-/m0/s1. The van der Waals surface area contributed by atoms with Crippen molar-refractivity contribution in [3.8, 4) is 5.75 Å². The Labute approximate surface area is 168 Å². The van der Waals surface area contributed by atoms with Gasteiger partial charge in [0.05, 0.1) is 6.54 Å². The maximum absolute atomic E-state index is 12.4. The Bertz CT molecular complexity index is 670. The average molecular weight is 394 g/mol. The molecule has 0 spiro atoms. The Hall–Kier alpha value is -1.59. The topological polar surface area (TPSA) is 54.5 Å². The van der Waals surface area contributed by atoms with Crippen LogP contribution in [0.2, 0.25) is 5.15 Å². The zero-order chi connectivity index (χ0) is 20.0. The third-order valence-electron chi connectivity index (χ3n) is 4.59. The van der Waals surface area contributed by atoms with Gasteiger partial charge in [0, 0.05) is 31.6 Å². The van der Waals surface area contributed by atoms with Crippen LogP contribution in [0.15, 0.2) is 18.3 Å². The van der Waals surface area contributed by atoms with E-state index in [0.717, 1.165) is 24.9 Å². The zero-order valence-corrected chi connectivity index (χ0v) is 17.8. The van der Waals surface area contributed by atoms with E-state index >= 15 is 0 Å². The van der Waals surface area contributed by atoms with Crippen molar-refractivity contribution in [2.75, 3.05) is 20.1 Å². The fourth-order valence-corrected chi connectivity index (χ4v) is 3.09. The van der Waals surface area contributed by atoms with E-state index in [1.54, 1.807) is 6.20 Å². The van der Waals surface area contributed by atoms with Gasteiger partial charge in [0.15, 0.2) is 10.9 Å². The molecule has 0 aromatic carbocycles. The molecule has 0 unspecified atom stereocenters. The number of pyridine rings is 1. The van der Waals surface area contributed by atoms with Crippen molar-refractivity contribution >= 4 is 23.6 Å². The van der Waals surface area contributed by atoms with Gasteiger partial charge in [0.25, 0.3) is 0 Å². The van der Waals surface area contributed by atoms with E-state index in [1.807, 2.05) is 24.1 Å². The van der Waals surface area contributed by atoms with E-state index in [2.05, 4.69) is 44.1 Å². The van der Waals surface area contributed by atoms with Gasteiger partial charge in [-0.3, -0.25) is 4.79 Å². The fourth-order valence-electron chi connectivity index (χ4n) is 2.94. The van der Waals surface area contributed by atoms with E-state index < -0.39 is 0 Å². The zero-order valence-electron chi connectivity index (χ0n) is 17.1. The molecule has 6 heteroatoms. The summed E-state index contributed by atoms with van der Waals surface area (Å²) < 4.78 is 6.07. The summed E-state index contributed by atoms with van der Waals surface area (Å²) in [5, 5.41) is 3.56. The molecule has 5 nitrogen and oxygen atoms in total. The first-order valence-electron chi connectivity index (χ1n) is 9.61. The third kappa shape index (κ3) is 7.15. The number of hydrogen-bond donors (Lipinski definition) is 1. The number of rotatable bonds is 7. The molecule has 1 aromatic rings. The molecule has 2 heterocycles. The van der Waals surface area contributed by atoms with Crippen molar-refractivity contribution in [2.24, 2.45) is 5.41 Å². The van der Waals surface area contributed by atoms with Crippen molar-refractivity contribution in [2.45, 2.75) is 59.1 Å². The summed E-state index contributed by atoms with van der Waals surface area (Å²) in [6, 6.07) is 2.34. The number of nitrogens with one attached hydrogen (secondary N) is 1. The van der Waals surface area contributed by atoms with Gasteiger partial charge in [-0.05, 0) is 37.4 Å². The van der Waals surface area contributed by atoms with Crippen LogP contribution in [0, 0.1) is 5.41 Å². The summed E-state index contributed by atoms with van der Waals surface area (Å²) in [5.41, 5.74) is 0.950. The number of ether oxygens (including phenoxy) is 1. The lowest BCUT2D eigenvalue weighted by atomic mass is 9.92. The predicted molar refractivity (Wildman–Crippen MR) is 111 cm³/mol. The molecular weight excluding hydrogens is 362 g/mol. The molecule has 0 radical (unpaired) electrons. The normalized spacial score (nSPS) is 18.9. The minimum atomic E-state index is -0.0447. The molecule has 1 aliphatic heterocycles. The fraction of sp³-hybridized carbons (Fsp3) is 0.619. The SMILES string of the molecule is CN[C@@H](C)C/C=C/c1cnc(Cl)c(O[C@H]2CCN(C(=O)CC(C)(C)C)C2)c1. The molecule has 0 saturated carbocycles. The summed E-state index contributed by atoms with van der Waals surface area (Å²) in [4.78, 5) is 18.5. The van der Waals surface area contributed by atoms with Gasteiger partial charge < -0.3 is 15.0 Å². The Morgan fingerprint density at radius 3 is 2.93 bits per heavy atom. The van der Waals surface area contributed by atoms with E-state index in [-0.39, 0.29) is 17.4 Å². The second-order valence-electron chi connectivity index (χ2n) is 8.49.